The number of rotatable bonds is 2. The first kappa shape index (κ1) is 15.2. The molecule has 1 aliphatic carbocycles. The fourth-order valence-corrected chi connectivity index (χ4v) is 3.62. The van der Waals surface area contributed by atoms with E-state index in [0.717, 1.165) is 25.1 Å². The van der Waals surface area contributed by atoms with Gasteiger partial charge in [0, 0.05) is 13.1 Å². The highest BCUT2D eigenvalue weighted by molar-refractivity contribution is 5.88. The minimum Gasteiger partial charge on any atom is -0.378 e. The molecule has 1 unspecified atom stereocenters. The molecule has 1 N–H and O–H groups in total. The van der Waals surface area contributed by atoms with Gasteiger partial charge in [-0.05, 0) is 30.4 Å². The molecule has 0 saturated carbocycles. The zero-order valence-electron chi connectivity index (χ0n) is 13.6. The summed E-state index contributed by atoms with van der Waals surface area (Å²) in [5.74, 6) is 0.758. The summed E-state index contributed by atoms with van der Waals surface area (Å²) < 4.78 is 7.40. The monoisotopic (exact) mass is 326 g/mol. The molecule has 2 amide bonds. The van der Waals surface area contributed by atoms with Crippen molar-refractivity contribution in [1.29, 1.82) is 0 Å². The van der Waals surface area contributed by atoms with Crippen LogP contribution >= 0.6 is 0 Å². The second-order valence-corrected chi connectivity index (χ2v) is 6.32. The maximum Gasteiger partial charge on any atom is 0.323 e. The summed E-state index contributed by atoms with van der Waals surface area (Å²) >= 11 is 0. The van der Waals surface area contributed by atoms with Gasteiger partial charge in [0.1, 0.15) is 5.82 Å². The van der Waals surface area contributed by atoms with Gasteiger partial charge in [-0.25, -0.2) is 9.78 Å². The number of hydrogen-bond donors (Lipinski definition) is 1. The lowest BCUT2D eigenvalue weighted by Gasteiger charge is -2.29. The van der Waals surface area contributed by atoms with Gasteiger partial charge >= 0.3 is 6.03 Å². The number of imidazole rings is 1. The van der Waals surface area contributed by atoms with Crippen molar-refractivity contribution >= 4 is 11.8 Å². The molecule has 1 saturated heterocycles. The molecule has 1 aromatic carbocycles. The molecule has 1 atom stereocenters. The minimum atomic E-state index is -0.0795. The van der Waals surface area contributed by atoms with Gasteiger partial charge in [-0.1, -0.05) is 24.3 Å². The number of anilines is 1. The second-order valence-electron chi connectivity index (χ2n) is 6.32. The average Bonchev–Trinajstić information content (AvgIpc) is 3.10. The quantitative estimate of drug-likeness (QED) is 0.923. The fourth-order valence-electron chi connectivity index (χ4n) is 3.62. The molecule has 0 spiro atoms. The molecule has 2 aliphatic rings. The number of morpholine rings is 1. The van der Waals surface area contributed by atoms with Crippen molar-refractivity contribution in [3.8, 4) is 0 Å². The van der Waals surface area contributed by atoms with E-state index < -0.39 is 0 Å². The first-order valence-corrected chi connectivity index (χ1v) is 8.56. The number of hydrogen-bond acceptors (Lipinski definition) is 3. The Morgan fingerprint density at radius 1 is 1.25 bits per heavy atom. The number of benzene rings is 1. The number of aromatic nitrogens is 2. The molecule has 1 aromatic heterocycles. The Hall–Kier alpha value is -2.34. The van der Waals surface area contributed by atoms with Gasteiger partial charge in [-0.2, -0.15) is 0 Å². The Kier molecular flexibility index (Phi) is 4.21. The van der Waals surface area contributed by atoms with Crippen LogP contribution in [0.2, 0.25) is 0 Å². The fraction of sp³-hybridized carbons (Fsp3) is 0.444. The summed E-state index contributed by atoms with van der Waals surface area (Å²) in [7, 11) is 0. The molecule has 6 heteroatoms. The molecule has 2 aromatic rings. The van der Waals surface area contributed by atoms with Gasteiger partial charge in [0.2, 0.25) is 0 Å². The summed E-state index contributed by atoms with van der Waals surface area (Å²) in [6.45, 7) is 2.46. The molecule has 4 rings (SSSR count). The maximum atomic E-state index is 12.5. The van der Waals surface area contributed by atoms with Crippen LogP contribution < -0.4 is 5.32 Å². The van der Waals surface area contributed by atoms with Crippen LogP contribution in [0.3, 0.4) is 0 Å². The highest BCUT2D eigenvalue weighted by Crippen LogP contribution is 2.34. The van der Waals surface area contributed by atoms with Crippen LogP contribution in [0.5, 0.6) is 0 Å². The van der Waals surface area contributed by atoms with Crippen molar-refractivity contribution in [2.24, 2.45) is 0 Å². The normalized spacial score (nSPS) is 20.5. The van der Waals surface area contributed by atoms with Gasteiger partial charge in [-0.15, -0.1) is 0 Å². The smallest absolute Gasteiger partial charge is 0.323 e. The second kappa shape index (κ2) is 6.65. The summed E-state index contributed by atoms with van der Waals surface area (Å²) in [5.41, 5.74) is 2.73. The standard InChI is InChI=1S/C18H22N4O2/c23-18(21-8-10-24-11-9-21)20-17-12-19-13-22(17)16-7-3-5-14-4-1-2-6-15(14)16/h1-2,4,6,12-13,16H,3,5,7-11H2,(H,20,23). The van der Waals surface area contributed by atoms with E-state index in [1.807, 2.05) is 6.33 Å². The molecule has 0 radical (unpaired) electrons. The van der Waals surface area contributed by atoms with Crippen molar-refractivity contribution in [3.05, 3.63) is 47.9 Å². The Morgan fingerprint density at radius 3 is 2.96 bits per heavy atom. The van der Waals surface area contributed by atoms with Crippen LogP contribution in [0.25, 0.3) is 0 Å². The number of carbonyl (C=O) groups is 1. The lowest BCUT2D eigenvalue weighted by molar-refractivity contribution is 0.0564. The Balaban J connectivity index is 1.56. The van der Waals surface area contributed by atoms with Gasteiger partial charge in [-0.3, -0.25) is 5.32 Å². The van der Waals surface area contributed by atoms with Crippen LogP contribution in [-0.4, -0.2) is 46.8 Å². The van der Waals surface area contributed by atoms with Crippen molar-refractivity contribution in [1.82, 2.24) is 14.5 Å². The summed E-state index contributed by atoms with van der Waals surface area (Å²) in [6, 6.07) is 8.72. The number of nitrogens with zero attached hydrogens (tertiary/aromatic N) is 3. The predicted molar refractivity (Wildman–Crippen MR) is 91.2 cm³/mol. The average molecular weight is 326 g/mol. The molecule has 6 nitrogen and oxygen atoms in total. The first-order chi connectivity index (χ1) is 11.8. The number of nitrogens with one attached hydrogen (secondary N) is 1. The molecular weight excluding hydrogens is 304 g/mol. The zero-order valence-corrected chi connectivity index (χ0v) is 13.6. The van der Waals surface area contributed by atoms with Gasteiger partial charge in [0.05, 0.1) is 31.8 Å². The summed E-state index contributed by atoms with van der Waals surface area (Å²) in [4.78, 5) is 18.5. The number of ether oxygens (including phenoxy) is 1. The van der Waals surface area contributed by atoms with Crippen molar-refractivity contribution in [2.75, 3.05) is 31.6 Å². The lowest BCUT2D eigenvalue weighted by atomic mass is 9.87. The predicted octanol–water partition coefficient (Wildman–Crippen LogP) is 2.67. The van der Waals surface area contributed by atoms with E-state index in [0.29, 0.717) is 26.3 Å². The lowest BCUT2D eigenvalue weighted by Crippen LogP contribution is -2.43. The third kappa shape index (κ3) is 2.89. The van der Waals surface area contributed by atoms with E-state index >= 15 is 0 Å². The molecule has 1 aliphatic heterocycles. The van der Waals surface area contributed by atoms with E-state index in [1.54, 1.807) is 11.1 Å². The van der Waals surface area contributed by atoms with E-state index in [9.17, 15) is 4.79 Å². The van der Waals surface area contributed by atoms with Crippen molar-refractivity contribution in [2.45, 2.75) is 25.3 Å². The van der Waals surface area contributed by atoms with E-state index in [-0.39, 0.29) is 12.1 Å². The third-order valence-corrected chi connectivity index (χ3v) is 4.87. The van der Waals surface area contributed by atoms with Crippen molar-refractivity contribution in [3.63, 3.8) is 0 Å². The topological polar surface area (TPSA) is 59.4 Å². The Bertz CT molecular complexity index is 721. The number of fused-ring (bicyclic) bond motifs is 1. The first-order valence-electron chi connectivity index (χ1n) is 8.56. The number of aryl methyl sites for hydroxylation is 1. The number of urea groups is 1. The van der Waals surface area contributed by atoms with Crippen LogP contribution in [0, 0.1) is 0 Å². The van der Waals surface area contributed by atoms with Crippen molar-refractivity contribution < 1.29 is 9.53 Å². The van der Waals surface area contributed by atoms with E-state index in [1.165, 1.54) is 11.1 Å². The summed E-state index contributed by atoms with van der Waals surface area (Å²) in [6.07, 6.45) is 6.89. The molecule has 24 heavy (non-hydrogen) atoms. The molecule has 0 bridgehead atoms. The van der Waals surface area contributed by atoms with Crippen LogP contribution in [0.1, 0.15) is 30.0 Å². The SMILES string of the molecule is O=C(Nc1cncn1C1CCCc2ccccc21)N1CCOCC1. The number of carbonyl (C=O) groups excluding carboxylic acids is 1. The van der Waals surface area contributed by atoms with E-state index in [4.69, 9.17) is 4.74 Å². The number of amides is 2. The largest absolute Gasteiger partial charge is 0.378 e. The van der Waals surface area contributed by atoms with E-state index in [2.05, 4.69) is 39.1 Å². The zero-order chi connectivity index (χ0) is 16.4. The van der Waals surface area contributed by atoms with Gasteiger partial charge in [0.25, 0.3) is 0 Å². The third-order valence-electron chi connectivity index (χ3n) is 4.87. The van der Waals surface area contributed by atoms with Crippen LogP contribution in [0.15, 0.2) is 36.8 Å². The Morgan fingerprint density at radius 2 is 2.08 bits per heavy atom. The molecule has 1 fully saturated rings. The molecule has 2 heterocycles. The van der Waals surface area contributed by atoms with Crippen LogP contribution in [0.4, 0.5) is 10.6 Å². The minimum absolute atomic E-state index is 0.0795. The maximum absolute atomic E-state index is 12.5. The Labute approximate surface area is 141 Å². The highest BCUT2D eigenvalue weighted by atomic mass is 16.5. The van der Waals surface area contributed by atoms with Gasteiger partial charge in [0.15, 0.2) is 0 Å². The highest BCUT2D eigenvalue weighted by Gasteiger charge is 2.24. The molecule has 126 valence electrons. The van der Waals surface area contributed by atoms with Crippen LogP contribution in [-0.2, 0) is 11.2 Å². The van der Waals surface area contributed by atoms with Gasteiger partial charge < -0.3 is 14.2 Å². The summed E-state index contributed by atoms with van der Waals surface area (Å²) in [5, 5.41) is 3.02. The molecular formula is C18H22N4O2.